The monoisotopic (exact) mass is 307 g/mol. The Kier molecular flexibility index (Phi) is 3.53. The zero-order valence-corrected chi connectivity index (χ0v) is 11.4. The summed E-state index contributed by atoms with van der Waals surface area (Å²) in [5.41, 5.74) is -0.582. The van der Waals surface area contributed by atoms with Crippen molar-refractivity contribution in [3.63, 3.8) is 0 Å². The Morgan fingerprint density at radius 2 is 2.22 bits per heavy atom. The van der Waals surface area contributed by atoms with Crippen LogP contribution in [0.1, 0.15) is 18.2 Å². The number of furan rings is 1. The molecule has 1 heterocycles. The molecule has 0 aliphatic carbocycles. The highest BCUT2D eigenvalue weighted by Crippen LogP contribution is 2.31. The van der Waals surface area contributed by atoms with Gasteiger partial charge in [-0.1, -0.05) is 15.9 Å². The Hall–Kier alpha value is -1.60. The number of nitriles is 1. The van der Waals surface area contributed by atoms with E-state index in [1.54, 1.807) is 37.5 Å². The summed E-state index contributed by atoms with van der Waals surface area (Å²) in [4.78, 5) is 0. The molecular weight excluding hydrogens is 297 g/mol. The predicted molar refractivity (Wildman–Crippen MR) is 69.5 cm³/mol. The molecule has 0 saturated heterocycles. The van der Waals surface area contributed by atoms with E-state index in [4.69, 9.17) is 4.42 Å². The van der Waals surface area contributed by atoms with Crippen molar-refractivity contribution < 1.29 is 8.81 Å². The molecule has 0 bridgehead atoms. The molecule has 2 aromatic rings. The lowest BCUT2D eigenvalue weighted by Crippen LogP contribution is -2.24. The Morgan fingerprint density at radius 1 is 1.44 bits per heavy atom. The van der Waals surface area contributed by atoms with Gasteiger partial charge in [-0.15, -0.1) is 0 Å². The van der Waals surface area contributed by atoms with Gasteiger partial charge in [-0.05, 0) is 37.3 Å². The normalized spacial score (nSPS) is 13.9. The fourth-order valence-electron chi connectivity index (χ4n) is 1.88. The van der Waals surface area contributed by atoms with Crippen LogP contribution in [-0.4, -0.2) is 0 Å². The van der Waals surface area contributed by atoms with Crippen LogP contribution in [0.4, 0.5) is 4.39 Å². The van der Waals surface area contributed by atoms with E-state index in [2.05, 4.69) is 22.0 Å². The predicted octanol–water partition coefficient (Wildman–Crippen LogP) is 4.21. The Bertz CT molecular complexity index is 588. The first-order valence-electron chi connectivity index (χ1n) is 5.44. The average molecular weight is 308 g/mol. The van der Waals surface area contributed by atoms with E-state index in [-0.39, 0.29) is 5.82 Å². The van der Waals surface area contributed by atoms with Crippen molar-refractivity contribution in [2.45, 2.75) is 18.8 Å². The molecular formula is C14H11BrFNO. The molecule has 0 amide bonds. The third-order valence-electron chi connectivity index (χ3n) is 2.88. The van der Waals surface area contributed by atoms with Crippen molar-refractivity contribution in [1.29, 1.82) is 5.26 Å². The fourth-order valence-corrected chi connectivity index (χ4v) is 2.24. The van der Waals surface area contributed by atoms with Crippen LogP contribution >= 0.6 is 15.9 Å². The maximum absolute atomic E-state index is 13.9. The van der Waals surface area contributed by atoms with Gasteiger partial charge in [0.25, 0.3) is 0 Å². The third kappa shape index (κ3) is 2.46. The van der Waals surface area contributed by atoms with Gasteiger partial charge in [-0.25, -0.2) is 4.39 Å². The quantitative estimate of drug-likeness (QED) is 0.852. The second-order valence-corrected chi connectivity index (χ2v) is 5.24. The highest BCUT2D eigenvalue weighted by Gasteiger charge is 2.31. The van der Waals surface area contributed by atoms with Gasteiger partial charge in [-0.2, -0.15) is 5.26 Å². The maximum Gasteiger partial charge on any atom is 0.128 e. The van der Waals surface area contributed by atoms with Crippen molar-refractivity contribution in [3.05, 3.63) is 58.2 Å². The molecule has 0 aliphatic rings. The first-order chi connectivity index (χ1) is 8.55. The largest absolute Gasteiger partial charge is 0.469 e. The highest BCUT2D eigenvalue weighted by atomic mass is 79.9. The van der Waals surface area contributed by atoms with Gasteiger partial charge >= 0.3 is 0 Å². The summed E-state index contributed by atoms with van der Waals surface area (Å²) in [6.07, 6.45) is 1.88. The lowest BCUT2D eigenvalue weighted by atomic mass is 9.80. The van der Waals surface area contributed by atoms with E-state index in [9.17, 15) is 9.65 Å². The molecule has 1 aromatic heterocycles. The summed E-state index contributed by atoms with van der Waals surface area (Å²) in [7, 11) is 0. The van der Waals surface area contributed by atoms with E-state index < -0.39 is 5.41 Å². The topological polar surface area (TPSA) is 36.9 Å². The number of halogens is 2. The van der Waals surface area contributed by atoms with Crippen LogP contribution in [0.3, 0.4) is 0 Å². The van der Waals surface area contributed by atoms with Gasteiger partial charge in [0.1, 0.15) is 11.6 Å². The molecule has 0 radical (unpaired) electrons. The molecule has 18 heavy (non-hydrogen) atoms. The molecule has 1 unspecified atom stereocenters. The molecule has 1 aromatic carbocycles. The van der Waals surface area contributed by atoms with Crippen LogP contribution in [0.2, 0.25) is 0 Å². The molecule has 0 N–H and O–H groups in total. The van der Waals surface area contributed by atoms with Crippen LogP contribution < -0.4 is 0 Å². The fraction of sp³-hybridized carbons (Fsp3) is 0.214. The van der Waals surface area contributed by atoms with Gasteiger partial charge in [-0.3, -0.25) is 0 Å². The minimum absolute atomic E-state index is 0.337. The van der Waals surface area contributed by atoms with Gasteiger partial charge in [0.15, 0.2) is 0 Å². The van der Waals surface area contributed by atoms with Crippen molar-refractivity contribution >= 4 is 15.9 Å². The smallest absolute Gasteiger partial charge is 0.128 e. The molecule has 92 valence electrons. The van der Waals surface area contributed by atoms with Crippen molar-refractivity contribution in [2.24, 2.45) is 0 Å². The molecule has 0 fully saturated rings. The van der Waals surface area contributed by atoms with E-state index in [1.807, 2.05) is 0 Å². The summed E-state index contributed by atoms with van der Waals surface area (Å²) < 4.78 is 19.9. The van der Waals surface area contributed by atoms with Gasteiger partial charge < -0.3 is 4.42 Å². The number of rotatable bonds is 3. The van der Waals surface area contributed by atoms with E-state index in [1.165, 1.54) is 6.07 Å². The third-order valence-corrected chi connectivity index (χ3v) is 3.37. The molecule has 4 heteroatoms. The molecule has 1 atom stereocenters. The lowest BCUT2D eigenvalue weighted by molar-refractivity contribution is 0.451. The number of benzene rings is 1. The average Bonchev–Trinajstić information content (AvgIpc) is 2.84. The zero-order chi connectivity index (χ0) is 13.2. The summed E-state index contributed by atoms with van der Waals surface area (Å²) in [6.45, 7) is 1.71. The number of hydrogen-bond acceptors (Lipinski definition) is 2. The first kappa shape index (κ1) is 12.8. The van der Waals surface area contributed by atoms with Crippen LogP contribution in [0.5, 0.6) is 0 Å². The van der Waals surface area contributed by atoms with Crippen LogP contribution in [0, 0.1) is 17.1 Å². The highest BCUT2D eigenvalue weighted by molar-refractivity contribution is 9.10. The number of hydrogen-bond donors (Lipinski definition) is 0. The lowest BCUT2D eigenvalue weighted by Gasteiger charge is -2.21. The first-order valence-corrected chi connectivity index (χ1v) is 6.23. The second-order valence-electron chi connectivity index (χ2n) is 4.32. The minimum Gasteiger partial charge on any atom is -0.469 e. The second kappa shape index (κ2) is 4.95. The van der Waals surface area contributed by atoms with Gasteiger partial charge in [0, 0.05) is 16.5 Å². The molecule has 2 rings (SSSR count). The number of nitrogens with zero attached hydrogens (tertiary/aromatic N) is 1. The molecule has 2 nitrogen and oxygen atoms in total. The van der Waals surface area contributed by atoms with E-state index in [0.717, 1.165) is 4.47 Å². The van der Waals surface area contributed by atoms with Gasteiger partial charge in [0.05, 0.1) is 17.7 Å². The van der Waals surface area contributed by atoms with Crippen molar-refractivity contribution in [1.82, 2.24) is 0 Å². The van der Waals surface area contributed by atoms with Crippen molar-refractivity contribution in [2.75, 3.05) is 0 Å². The minimum atomic E-state index is -0.953. The summed E-state index contributed by atoms with van der Waals surface area (Å²) >= 11 is 3.30. The van der Waals surface area contributed by atoms with E-state index >= 15 is 0 Å². The maximum atomic E-state index is 13.9. The molecule has 0 aliphatic heterocycles. The molecule has 0 spiro atoms. The standard InChI is InChI=1S/C14H11BrFNO/c1-14(9-17,8-11-3-2-6-18-11)12-7-10(15)4-5-13(12)16/h2-7H,8H2,1H3. The van der Waals surface area contributed by atoms with Crippen molar-refractivity contribution in [3.8, 4) is 6.07 Å². The van der Waals surface area contributed by atoms with E-state index in [0.29, 0.717) is 17.7 Å². The SMILES string of the molecule is CC(C#N)(Cc1ccco1)c1cc(Br)ccc1F. The van der Waals surface area contributed by atoms with Crippen LogP contribution in [0.15, 0.2) is 45.5 Å². The van der Waals surface area contributed by atoms with Crippen LogP contribution in [0.25, 0.3) is 0 Å². The molecule has 0 saturated carbocycles. The summed E-state index contributed by atoms with van der Waals surface area (Å²) in [5.74, 6) is 0.284. The van der Waals surface area contributed by atoms with Gasteiger partial charge in [0.2, 0.25) is 0 Å². The Balaban J connectivity index is 2.43. The Morgan fingerprint density at radius 3 is 2.83 bits per heavy atom. The Labute approximate surface area is 113 Å². The van der Waals surface area contributed by atoms with Crippen LogP contribution in [-0.2, 0) is 11.8 Å². The summed E-state index contributed by atoms with van der Waals surface area (Å²) in [6, 6.07) is 10.3. The summed E-state index contributed by atoms with van der Waals surface area (Å²) in [5, 5.41) is 9.38. The zero-order valence-electron chi connectivity index (χ0n) is 9.78.